The Hall–Kier alpha value is -2.89. The molecule has 1 N–H and O–H groups in total. The Labute approximate surface area is 199 Å². The molecule has 1 atom stereocenters. The molecule has 1 aromatic heterocycles. The third kappa shape index (κ3) is 5.55. The maximum absolute atomic E-state index is 12.8. The number of aromatic nitrogens is 1. The number of halogens is 1. The molecule has 5 nitrogen and oxygen atoms in total. The van der Waals surface area contributed by atoms with Crippen LogP contribution in [0.15, 0.2) is 77.7 Å². The number of benzene rings is 2. The van der Waals surface area contributed by atoms with Crippen LogP contribution >= 0.6 is 11.6 Å². The van der Waals surface area contributed by atoms with Crippen molar-refractivity contribution >= 4 is 17.5 Å². The van der Waals surface area contributed by atoms with Gasteiger partial charge < -0.3 is 14.6 Å². The van der Waals surface area contributed by atoms with Crippen molar-refractivity contribution in [3.8, 4) is 11.1 Å². The van der Waals surface area contributed by atoms with E-state index in [-0.39, 0.29) is 23.9 Å². The number of aliphatic hydroxyl groups is 1. The number of amides is 1. The second kappa shape index (κ2) is 9.94. The van der Waals surface area contributed by atoms with Gasteiger partial charge in [-0.2, -0.15) is 0 Å². The Kier molecular flexibility index (Phi) is 7.01. The summed E-state index contributed by atoms with van der Waals surface area (Å²) in [4.78, 5) is 27.2. The summed E-state index contributed by atoms with van der Waals surface area (Å²) in [5, 5.41) is 11.6. The fourth-order valence-electron chi connectivity index (χ4n) is 4.44. The van der Waals surface area contributed by atoms with Crippen LogP contribution in [-0.2, 0) is 11.3 Å². The molecule has 33 heavy (non-hydrogen) atoms. The van der Waals surface area contributed by atoms with E-state index in [9.17, 15) is 14.7 Å². The summed E-state index contributed by atoms with van der Waals surface area (Å²) in [5.41, 5.74) is 1.52. The van der Waals surface area contributed by atoms with Crippen molar-refractivity contribution < 1.29 is 9.90 Å². The predicted molar refractivity (Wildman–Crippen MR) is 131 cm³/mol. The molecule has 0 aliphatic carbocycles. The van der Waals surface area contributed by atoms with Gasteiger partial charge in [-0.3, -0.25) is 9.59 Å². The molecule has 4 rings (SSSR count). The Morgan fingerprint density at radius 3 is 2.30 bits per heavy atom. The van der Waals surface area contributed by atoms with Gasteiger partial charge in [-0.15, -0.1) is 0 Å². The van der Waals surface area contributed by atoms with E-state index in [1.165, 1.54) is 10.6 Å². The molecule has 0 spiro atoms. The lowest BCUT2D eigenvalue weighted by molar-refractivity contribution is -0.136. The number of pyridine rings is 1. The van der Waals surface area contributed by atoms with E-state index in [1.807, 2.05) is 65.6 Å². The zero-order valence-electron chi connectivity index (χ0n) is 18.8. The minimum Gasteiger partial charge on any atom is -0.388 e. The van der Waals surface area contributed by atoms with Crippen molar-refractivity contribution in [3.63, 3.8) is 0 Å². The SMILES string of the molecule is CC(CC(=O)N1CCC(O)(Cn2cc(-c3ccccc3)c(Cl)cc2=O)CC1)c1ccccc1. The molecule has 6 heteroatoms. The Bertz CT molecular complexity index is 1150. The second-order valence-corrected chi connectivity index (χ2v) is 9.40. The van der Waals surface area contributed by atoms with Crippen molar-refractivity contribution in [1.29, 1.82) is 0 Å². The number of nitrogens with zero attached hydrogens (tertiary/aromatic N) is 2. The van der Waals surface area contributed by atoms with Crippen LogP contribution < -0.4 is 5.56 Å². The molecule has 1 fully saturated rings. The van der Waals surface area contributed by atoms with Crippen LogP contribution in [0.2, 0.25) is 5.02 Å². The third-order valence-corrected chi connectivity index (χ3v) is 6.83. The van der Waals surface area contributed by atoms with Gasteiger partial charge in [-0.25, -0.2) is 0 Å². The fraction of sp³-hybridized carbons (Fsp3) is 0.333. The number of hydrogen-bond acceptors (Lipinski definition) is 3. The van der Waals surface area contributed by atoms with Gasteiger partial charge in [0.1, 0.15) is 0 Å². The number of likely N-dealkylation sites (tertiary alicyclic amines) is 1. The maximum atomic E-state index is 12.8. The molecule has 1 amide bonds. The van der Waals surface area contributed by atoms with Crippen LogP contribution in [-0.4, -0.2) is 39.2 Å². The molecule has 2 aromatic carbocycles. The van der Waals surface area contributed by atoms with E-state index in [0.717, 1.165) is 16.7 Å². The van der Waals surface area contributed by atoms with Crippen molar-refractivity contribution in [2.24, 2.45) is 0 Å². The molecule has 3 aromatic rings. The smallest absolute Gasteiger partial charge is 0.252 e. The second-order valence-electron chi connectivity index (χ2n) is 8.99. The maximum Gasteiger partial charge on any atom is 0.252 e. The van der Waals surface area contributed by atoms with Crippen LogP contribution in [0.1, 0.15) is 37.7 Å². The highest BCUT2D eigenvalue weighted by Gasteiger charge is 2.35. The summed E-state index contributed by atoms with van der Waals surface area (Å²) in [6.45, 7) is 3.19. The lowest BCUT2D eigenvalue weighted by Crippen LogP contribution is -2.49. The van der Waals surface area contributed by atoms with Crippen LogP contribution in [0.25, 0.3) is 11.1 Å². The van der Waals surface area contributed by atoms with Gasteiger partial charge in [0.15, 0.2) is 0 Å². The van der Waals surface area contributed by atoms with Gasteiger partial charge in [0.25, 0.3) is 5.56 Å². The highest BCUT2D eigenvalue weighted by molar-refractivity contribution is 6.33. The van der Waals surface area contributed by atoms with Crippen molar-refractivity contribution in [2.75, 3.05) is 13.1 Å². The molecule has 0 radical (unpaired) electrons. The highest BCUT2D eigenvalue weighted by Crippen LogP contribution is 2.29. The Morgan fingerprint density at radius 2 is 1.67 bits per heavy atom. The number of rotatable bonds is 6. The zero-order chi connectivity index (χ0) is 23.4. The monoisotopic (exact) mass is 464 g/mol. The van der Waals surface area contributed by atoms with E-state index in [4.69, 9.17) is 11.6 Å². The molecule has 172 valence electrons. The molecule has 0 saturated carbocycles. The van der Waals surface area contributed by atoms with Gasteiger partial charge >= 0.3 is 0 Å². The summed E-state index contributed by atoms with van der Waals surface area (Å²) in [6.07, 6.45) is 3.01. The summed E-state index contributed by atoms with van der Waals surface area (Å²) in [7, 11) is 0. The summed E-state index contributed by atoms with van der Waals surface area (Å²) in [5.74, 6) is 0.243. The number of carbonyl (C=O) groups is 1. The fourth-order valence-corrected chi connectivity index (χ4v) is 4.69. The number of hydrogen-bond donors (Lipinski definition) is 1. The van der Waals surface area contributed by atoms with Gasteiger partial charge in [-0.05, 0) is 29.9 Å². The van der Waals surface area contributed by atoms with Crippen molar-refractivity contribution in [3.05, 3.63) is 93.9 Å². The van der Waals surface area contributed by atoms with Crippen LogP contribution in [0.3, 0.4) is 0 Å². The topological polar surface area (TPSA) is 62.5 Å². The predicted octanol–water partition coefficient (Wildman–Crippen LogP) is 4.72. The van der Waals surface area contributed by atoms with E-state index in [1.54, 1.807) is 6.20 Å². The lowest BCUT2D eigenvalue weighted by Gasteiger charge is -2.39. The molecule has 1 aliphatic rings. The minimum atomic E-state index is -1.05. The van der Waals surface area contributed by atoms with E-state index >= 15 is 0 Å². The first-order chi connectivity index (χ1) is 15.8. The van der Waals surface area contributed by atoms with Gasteiger partial charge in [0, 0.05) is 37.3 Å². The molecular formula is C27H29ClN2O3. The van der Waals surface area contributed by atoms with E-state index in [0.29, 0.717) is 37.4 Å². The van der Waals surface area contributed by atoms with Crippen LogP contribution in [0, 0.1) is 0 Å². The first-order valence-electron chi connectivity index (χ1n) is 11.4. The average Bonchev–Trinajstić information content (AvgIpc) is 2.82. The molecular weight excluding hydrogens is 436 g/mol. The zero-order valence-corrected chi connectivity index (χ0v) is 19.5. The normalized spacial score (nSPS) is 16.4. The third-order valence-electron chi connectivity index (χ3n) is 6.52. The first-order valence-corrected chi connectivity index (χ1v) is 11.7. The summed E-state index contributed by atoms with van der Waals surface area (Å²) >= 11 is 6.33. The Morgan fingerprint density at radius 1 is 1.06 bits per heavy atom. The standard InChI is InChI=1S/C27H29ClN2O3/c1-20(21-8-4-2-5-9-21)16-25(31)29-14-12-27(33,13-15-29)19-30-18-23(24(28)17-26(30)32)22-10-6-3-7-11-22/h2-11,17-18,20,33H,12-16,19H2,1H3. The van der Waals surface area contributed by atoms with Gasteiger partial charge in [-0.1, -0.05) is 79.2 Å². The first kappa shape index (κ1) is 23.3. The van der Waals surface area contributed by atoms with E-state index < -0.39 is 5.60 Å². The van der Waals surface area contributed by atoms with E-state index in [2.05, 4.69) is 6.92 Å². The largest absolute Gasteiger partial charge is 0.388 e. The van der Waals surface area contributed by atoms with Crippen LogP contribution in [0.4, 0.5) is 0 Å². The molecule has 0 bridgehead atoms. The van der Waals surface area contributed by atoms with Gasteiger partial charge in [0.2, 0.25) is 5.91 Å². The average molecular weight is 465 g/mol. The van der Waals surface area contributed by atoms with Crippen LogP contribution in [0.5, 0.6) is 0 Å². The molecule has 2 heterocycles. The number of piperidine rings is 1. The summed E-state index contributed by atoms with van der Waals surface area (Å²) in [6, 6.07) is 21.1. The van der Waals surface area contributed by atoms with Crippen molar-refractivity contribution in [2.45, 2.75) is 44.2 Å². The quantitative estimate of drug-likeness (QED) is 0.574. The minimum absolute atomic E-state index is 0.100. The van der Waals surface area contributed by atoms with Gasteiger partial charge in [0.05, 0.1) is 17.2 Å². The number of carbonyl (C=O) groups excluding carboxylic acids is 1. The molecule has 1 saturated heterocycles. The highest BCUT2D eigenvalue weighted by atomic mass is 35.5. The molecule has 1 unspecified atom stereocenters. The lowest BCUT2D eigenvalue weighted by atomic mass is 9.90. The van der Waals surface area contributed by atoms with Crippen molar-refractivity contribution in [1.82, 2.24) is 9.47 Å². The summed E-state index contributed by atoms with van der Waals surface area (Å²) < 4.78 is 1.53. The molecule has 1 aliphatic heterocycles. The Balaban J connectivity index is 1.41.